The lowest BCUT2D eigenvalue weighted by molar-refractivity contribution is 0.304. The predicted octanol–water partition coefficient (Wildman–Crippen LogP) is 2.22. The van der Waals surface area contributed by atoms with Crippen molar-refractivity contribution in [1.82, 2.24) is 14.8 Å². The van der Waals surface area contributed by atoms with Gasteiger partial charge in [-0.3, -0.25) is 4.68 Å². The summed E-state index contributed by atoms with van der Waals surface area (Å²) in [7, 11) is 1.88. The number of hydrogen-bond donors (Lipinski definition) is 0. The minimum absolute atomic E-state index is 0.508. The quantitative estimate of drug-likeness (QED) is 0.861. The maximum absolute atomic E-state index is 5.45. The fourth-order valence-corrected chi connectivity index (χ4v) is 2.08. The molecule has 6 heteroatoms. The summed E-state index contributed by atoms with van der Waals surface area (Å²) in [5, 5.41) is 6.60. The Morgan fingerprint density at radius 3 is 3.07 bits per heavy atom. The molecule has 14 heavy (non-hydrogen) atoms. The van der Waals surface area contributed by atoms with Crippen molar-refractivity contribution in [3.63, 3.8) is 0 Å². The number of halogens is 1. The van der Waals surface area contributed by atoms with Crippen molar-refractivity contribution in [2.24, 2.45) is 7.05 Å². The maximum atomic E-state index is 5.45. The van der Waals surface area contributed by atoms with E-state index in [0.717, 1.165) is 10.2 Å². The predicted molar refractivity (Wildman–Crippen MR) is 57.4 cm³/mol. The van der Waals surface area contributed by atoms with Crippen LogP contribution in [-0.2, 0) is 13.7 Å². The number of thiazole rings is 1. The highest BCUT2D eigenvalue weighted by molar-refractivity contribution is 9.10. The first-order chi connectivity index (χ1) is 6.74. The van der Waals surface area contributed by atoms with Gasteiger partial charge in [-0.15, -0.1) is 0 Å². The van der Waals surface area contributed by atoms with Gasteiger partial charge in [0.25, 0.3) is 5.19 Å². The molecule has 0 fully saturated rings. The van der Waals surface area contributed by atoms with Gasteiger partial charge in [-0.05, 0) is 15.9 Å². The molecule has 0 aliphatic rings. The molecular formula is C8H8BrN3OS. The van der Waals surface area contributed by atoms with Crippen molar-refractivity contribution in [3.05, 3.63) is 27.9 Å². The molecule has 4 nitrogen and oxygen atoms in total. The molecule has 2 aromatic rings. The number of nitrogens with zero attached hydrogens (tertiary/aromatic N) is 3. The zero-order valence-corrected chi connectivity index (χ0v) is 9.88. The normalized spacial score (nSPS) is 10.4. The van der Waals surface area contributed by atoms with Gasteiger partial charge in [0.1, 0.15) is 11.2 Å². The number of hydrogen-bond acceptors (Lipinski definition) is 4. The van der Waals surface area contributed by atoms with Gasteiger partial charge in [0.05, 0.1) is 6.20 Å². The Kier molecular flexibility index (Phi) is 2.83. The summed E-state index contributed by atoms with van der Waals surface area (Å²) in [6, 6.07) is 0. The van der Waals surface area contributed by atoms with Crippen LogP contribution in [0.3, 0.4) is 0 Å². The monoisotopic (exact) mass is 273 g/mol. The number of rotatable bonds is 3. The van der Waals surface area contributed by atoms with Crippen LogP contribution in [0.25, 0.3) is 0 Å². The standard InChI is InChI=1S/C8H8BrN3OS/c1-12-3-6(2-10-12)4-13-8-11-7(9)5-14-8/h2-3,5H,4H2,1H3. The lowest BCUT2D eigenvalue weighted by Gasteiger charge is -1.97. The molecule has 0 aromatic carbocycles. The third-order valence-electron chi connectivity index (χ3n) is 1.58. The summed E-state index contributed by atoms with van der Waals surface area (Å²) in [6.45, 7) is 0.508. The Bertz CT molecular complexity index is 385. The molecule has 2 heterocycles. The third-order valence-corrected chi connectivity index (χ3v) is 3.04. The van der Waals surface area contributed by atoms with E-state index in [0.29, 0.717) is 11.8 Å². The lowest BCUT2D eigenvalue weighted by atomic mass is 10.4. The molecule has 0 atom stereocenters. The van der Waals surface area contributed by atoms with Crippen LogP contribution in [0.1, 0.15) is 5.56 Å². The van der Waals surface area contributed by atoms with Crippen LogP contribution in [0.15, 0.2) is 22.4 Å². The second kappa shape index (κ2) is 4.10. The fourth-order valence-electron chi connectivity index (χ4n) is 0.997. The van der Waals surface area contributed by atoms with E-state index in [4.69, 9.17) is 4.74 Å². The van der Waals surface area contributed by atoms with E-state index in [9.17, 15) is 0 Å². The van der Waals surface area contributed by atoms with E-state index in [1.54, 1.807) is 10.9 Å². The number of aromatic nitrogens is 3. The van der Waals surface area contributed by atoms with E-state index in [-0.39, 0.29) is 0 Å². The third kappa shape index (κ3) is 2.33. The van der Waals surface area contributed by atoms with E-state index in [1.807, 2.05) is 18.6 Å². The van der Waals surface area contributed by atoms with Crippen LogP contribution in [0.2, 0.25) is 0 Å². The molecule has 0 N–H and O–H groups in total. The summed E-state index contributed by atoms with van der Waals surface area (Å²) >= 11 is 4.73. The number of ether oxygens (including phenoxy) is 1. The highest BCUT2D eigenvalue weighted by Crippen LogP contribution is 2.22. The van der Waals surface area contributed by atoms with E-state index < -0.39 is 0 Å². The van der Waals surface area contributed by atoms with Crippen LogP contribution >= 0.6 is 27.3 Å². The molecule has 0 amide bonds. The zero-order valence-electron chi connectivity index (χ0n) is 7.48. The minimum Gasteiger partial charge on any atom is -0.465 e. The Morgan fingerprint density at radius 1 is 1.64 bits per heavy atom. The Morgan fingerprint density at radius 2 is 2.50 bits per heavy atom. The molecule has 2 rings (SSSR count). The molecule has 2 aromatic heterocycles. The van der Waals surface area contributed by atoms with Crippen LogP contribution < -0.4 is 4.74 Å². The second-order valence-electron chi connectivity index (χ2n) is 2.75. The lowest BCUT2D eigenvalue weighted by Crippen LogP contribution is -1.93. The summed E-state index contributed by atoms with van der Waals surface area (Å²) in [5.74, 6) is 0. The second-order valence-corrected chi connectivity index (χ2v) is 4.38. The molecule has 0 bridgehead atoms. The van der Waals surface area contributed by atoms with Gasteiger partial charge >= 0.3 is 0 Å². The van der Waals surface area contributed by atoms with Crippen molar-refractivity contribution in [3.8, 4) is 5.19 Å². The maximum Gasteiger partial charge on any atom is 0.274 e. The van der Waals surface area contributed by atoms with Gasteiger partial charge < -0.3 is 4.74 Å². The summed E-state index contributed by atoms with van der Waals surface area (Å²) in [6.07, 6.45) is 3.70. The van der Waals surface area contributed by atoms with Gasteiger partial charge in [0, 0.05) is 24.2 Å². The first-order valence-electron chi connectivity index (χ1n) is 3.95. The van der Waals surface area contributed by atoms with Gasteiger partial charge in [0.15, 0.2) is 0 Å². The minimum atomic E-state index is 0.508. The van der Waals surface area contributed by atoms with Gasteiger partial charge in [-0.2, -0.15) is 10.1 Å². The van der Waals surface area contributed by atoms with Crippen molar-refractivity contribution in [2.75, 3.05) is 0 Å². The first kappa shape index (κ1) is 9.67. The Labute approximate surface area is 93.7 Å². The van der Waals surface area contributed by atoms with Crippen molar-refractivity contribution >= 4 is 27.3 Å². The highest BCUT2D eigenvalue weighted by Gasteiger charge is 2.01. The molecule has 0 aliphatic heterocycles. The Balaban J connectivity index is 1.94. The van der Waals surface area contributed by atoms with Gasteiger partial charge in [-0.1, -0.05) is 11.3 Å². The van der Waals surface area contributed by atoms with Crippen molar-refractivity contribution in [2.45, 2.75) is 6.61 Å². The average molecular weight is 274 g/mol. The van der Waals surface area contributed by atoms with Crippen LogP contribution in [0.5, 0.6) is 5.19 Å². The molecule has 74 valence electrons. The molecule has 0 unspecified atom stereocenters. The van der Waals surface area contributed by atoms with Crippen LogP contribution in [0.4, 0.5) is 0 Å². The zero-order chi connectivity index (χ0) is 9.97. The molecular weight excluding hydrogens is 266 g/mol. The highest BCUT2D eigenvalue weighted by atomic mass is 79.9. The van der Waals surface area contributed by atoms with E-state index in [2.05, 4.69) is 26.0 Å². The molecule has 0 aliphatic carbocycles. The van der Waals surface area contributed by atoms with Crippen molar-refractivity contribution < 1.29 is 4.74 Å². The smallest absolute Gasteiger partial charge is 0.274 e. The Hall–Kier alpha value is -0.880. The van der Waals surface area contributed by atoms with Crippen molar-refractivity contribution in [1.29, 1.82) is 0 Å². The fraction of sp³-hybridized carbons (Fsp3) is 0.250. The topological polar surface area (TPSA) is 39.9 Å². The summed E-state index contributed by atoms with van der Waals surface area (Å²) < 4.78 is 8.01. The molecule has 0 spiro atoms. The number of aryl methyl sites for hydroxylation is 1. The van der Waals surface area contributed by atoms with Crippen LogP contribution in [0, 0.1) is 0 Å². The SMILES string of the molecule is Cn1cc(COc2nc(Br)cs2)cn1. The van der Waals surface area contributed by atoms with Gasteiger partial charge in [-0.25, -0.2) is 0 Å². The van der Waals surface area contributed by atoms with E-state index >= 15 is 0 Å². The molecule has 0 radical (unpaired) electrons. The average Bonchev–Trinajstić information content (AvgIpc) is 2.72. The van der Waals surface area contributed by atoms with Crippen LogP contribution in [-0.4, -0.2) is 14.8 Å². The molecule has 0 saturated carbocycles. The molecule has 0 saturated heterocycles. The van der Waals surface area contributed by atoms with E-state index in [1.165, 1.54) is 11.3 Å². The largest absolute Gasteiger partial charge is 0.465 e. The summed E-state index contributed by atoms with van der Waals surface area (Å²) in [4.78, 5) is 4.12. The van der Waals surface area contributed by atoms with Gasteiger partial charge in [0.2, 0.25) is 0 Å². The first-order valence-corrected chi connectivity index (χ1v) is 5.62. The summed E-state index contributed by atoms with van der Waals surface area (Å²) in [5.41, 5.74) is 1.04.